The standard InChI is InChI=1S/C27H46O/c1-18(2)7-6-8-19(3)23-11-12-24-22-10-9-20-17-21(28)13-15-26(20,4)25(22)14-16-27(23,24)5/h18-20,22-25H,6-17H2,1-5H3/t19-,20-,22+,23-,24+,25+,26+,27-/m1/s1. The van der Waals surface area contributed by atoms with Crippen LogP contribution in [0, 0.1) is 52.3 Å². The van der Waals surface area contributed by atoms with Gasteiger partial charge in [0.05, 0.1) is 0 Å². The normalized spacial score (nSPS) is 46.8. The molecule has 4 rings (SSSR count). The molecule has 0 heterocycles. The van der Waals surface area contributed by atoms with Gasteiger partial charge in [-0.05, 0) is 97.2 Å². The number of hydrogen-bond donors (Lipinski definition) is 0. The van der Waals surface area contributed by atoms with E-state index in [2.05, 4.69) is 34.6 Å². The number of rotatable bonds is 5. The lowest BCUT2D eigenvalue weighted by atomic mass is 9.44. The maximum atomic E-state index is 12.1. The summed E-state index contributed by atoms with van der Waals surface area (Å²) in [6, 6.07) is 0. The quantitative estimate of drug-likeness (QED) is 0.473. The second-order valence-electron chi connectivity index (χ2n) is 12.4. The highest BCUT2D eigenvalue weighted by molar-refractivity contribution is 5.79. The van der Waals surface area contributed by atoms with Crippen LogP contribution in [0.15, 0.2) is 0 Å². The van der Waals surface area contributed by atoms with Gasteiger partial charge in [-0.2, -0.15) is 0 Å². The molecular weight excluding hydrogens is 340 g/mol. The predicted octanol–water partition coefficient (Wildman–Crippen LogP) is 7.68. The first-order chi connectivity index (χ1) is 13.3. The van der Waals surface area contributed by atoms with Crippen LogP contribution in [0.2, 0.25) is 0 Å². The van der Waals surface area contributed by atoms with E-state index < -0.39 is 0 Å². The van der Waals surface area contributed by atoms with E-state index in [9.17, 15) is 4.79 Å². The summed E-state index contributed by atoms with van der Waals surface area (Å²) in [4.78, 5) is 12.1. The van der Waals surface area contributed by atoms with Crippen LogP contribution in [-0.4, -0.2) is 5.78 Å². The SMILES string of the molecule is CC(C)CCC[C@@H](C)[C@H]1CC[C@H]2[C@@H]3CC[C@@H]4CC(=O)CC[C@]4(C)[C@H]3CC[C@]12C. The van der Waals surface area contributed by atoms with Gasteiger partial charge in [0, 0.05) is 12.8 Å². The predicted molar refractivity (Wildman–Crippen MR) is 118 cm³/mol. The van der Waals surface area contributed by atoms with E-state index in [0.717, 1.165) is 48.3 Å². The molecule has 0 radical (unpaired) electrons. The molecule has 0 saturated heterocycles. The van der Waals surface area contributed by atoms with Crippen molar-refractivity contribution in [2.45, 2.75) is 112 Å². The minimum Gasteiger partial charge on any atom is -0.300 e. The van der Waals surface area contributed by atoms with Crippen molar-refractivity contribution in [1.82, 2.24) is 0 Å². The van der Waals surface area contributed by atoms with Gasteiger partial charge in [-0.1, -0.05) is 53.9 Å². The second-order valence-corrected chi connectivity index (χ2v) is 12.4. The maximum Gasteiger partial charge on any atom is 0.133 e. The molecule has 0 amide bonds. The fourth-order valence-corrected chi connectivity index (χ4v) is 9.07. The van der Waals surface area contributed by atoms with Gasteiger partial charge in [0.2, 0.25) is 0 Å². The topological polar surface area (TPSA) is 17.1 Å². The van der Waals surface area contributed by atoms with Crippen LogP contribution in [-0.2, 0) is 4.79 Å². The Morgan fingerprint density at radius 3 is 2.39 bits per heavy atom. The molecule has 1 heteroatoms. The summed E-state index contributed by atoms with van der Waals surface area (Å²) in [5, 5.41) is 0. The molecule has 160 valence electrons. The maximum absolute atomic E-state index is 12.1. The summed E-state index contributed by atoms with van der Waals surface area (Å²) in [6.45, 7) is 12.6. The molecule has 0 bridgehead atoms. The molecule has 4 fully saturated rings. The van der Waals surface area contributed by atoms with Crippen molar-refractivity contribution in [3.8, 4) is 0 Å². The summed E-state index contributed by atoms with van der Waals surface area (Å²) in [5.74, 6) is 6.82. The molecule has 0 aliphatic heterocycles. The Morgan fingerprint density at radius 2 is 1.64 bits per heavy atom. The average molecular weight is 387 g/mol. The summed E-state index contributed by atoms with van der Waals surface area (Å²) in [7, 11) is 0. The van der Waals surface area contributed by atoms with Crippen molar-refractivity contribution in [3.05, 3.63) is 0 Å². The Hall–Kier alpha value is -0.330. The Balaban J connectivity index is 1.47. The van der Waals surface area contributed by atoms with Gasteiger partial charge in [-0.25, -0.2) is 0 Å². The second kappa shape index (κ2) is 7.73. The molecule has 8 atom stereocenters. The number of Topliss-reactive ketones (excluding diaryl/α,β-unsaturated/α-hetero) is 1. The molecule has 4 aliphatic carbocycles. The number of hydrogen-bond acceptors (Lipinski definition) is 1. The molecule has 0 unspecified atom stereocenters. The van der Waals surface area contributed by atoms with Gasteiger partial charge in [-0.15, -0.1) is 0 Å². The van der Waals surface area contributed by atoms with E-state index >= 15 is 0 Å². The smallest absolute Gasteiger partial charge is 0.133 e. The minimum absolute atomic E-state index is 0.471. The van der Waals surface area contributed by atoms with Crippen LogP contribution in [0.1, 0.15) is 112 Å². The highest BCUT2D eigenvalue weighted by Gasteiger charge is 2.60. The van der Waals surface area contributed by atoms with Crippen LogP contribution in [0.5, 0.6) is 0 Å². The Labute approximate surface area is 174 Å². The number of ketones is 1. The molecule has 4 saturated carbocycles. The van der Waals surface area contributed by atoms with Crippen molar-refractivity contribution >= 4 is 5.78 Å². The van der Waals surface area contributed by atoms with Crippen molar-refractivity contribution in [1.29, 1.82) is 0 Å². The van der Waals surface area contributed by atoms with Crippen molar-refractivity contribution < 1.29 is 4.79 Å². The molecular formula is C27H46O. The summed E-state index contributed by atoms with van der Waals surface area (Å²) >= 11 is 0. The summed E-state index contributed by atoms with van der Waals surface area (Å²) < 4.78 is 0. The van der Waals surface area contributed by atoms with E-state index in [-0.39, 0.29) is 0 Å². The van der Waals surface area contributed by atoms with E-state index in [1.165, 1.54) is 64.2 Å². The molecule has 0 spiro atoms. The zero-order valence-electron chi connectivity index (χ0n) is 19.4. The Kier molecular flexibility index (Phi) is 5.78. The largest absolute Gasteiger partial charge is 0.300 e. The van der Waals surface area contributed by atoms with Gasteiger partial charge >= 0.3 is 0 Å². The first-order valence-corrected chi connectivity index (χ1v) is 12.8. The van der Waals surface area contributed by atoms with Gasteiger partial charge in [-0.3, -0.25) is 4.79 Å². The van der Waals surface area contributed by atoms with E-state index in [4.69, 9.17) is 0 Å². The van der Waals surface area contributed by atoms with Crippen LogP contribution >= 0.6 is 0 Å². The highest BCUT2D eigenvalue weighted by Crippen LogP contribution is 2.68. The molecule has 0 aromatic rings. The zero-order valence-corrected chi connectivity index (χ0v) is 19.4. The molecule has 0 aromatic heterocycles. The van der Waals surface area contributed by atoms with Crippen LogP contribution < -0.4 is 0 Å². The lowest BCUT2D eigenvalue weighted by molar-refractivity contribution is -0.140. The molecule has 0 N–H and O–H groups in total. The third kappa shape index (κ3) is 3.41. The third-order valence-electron chi connectivity index (χ3n) is 10.7. The molecule has 1 nitrogen and oxygen atoms in total. The molecule has 28 heavy (non-hydrogen) atoms. The van der Waals surface area contributed by atoms with Gasteiger partial charge in [0.1, 0.15) is 5.78 Å². The molecule has 4 aliphatic rings. The van der Waals surface area contributed by atoms with Gasteiger partial charge < -0.3 is 0 Å². The monoisotopic (exact) mass is 386 g/mol. The number of carbonyl (C=O) groups excluding carboxylic acids is 1. The molecule has 0 aromatic carbocycles. The lowest BCUT2D eigenvalue weighted by Crippen LogP contribution is -2.53. The van der Waals surface area contributed by atoms with Gasteiger partial charge in [0.15, 0.2) is 0 Å². The lowest BCUT2D eigenvalue weighted by Gasteiger charge is -2.60. The van der Waals surface area contributed by atoms with E-state index in [0.29, 0.717) is 22.5 Å². The first-order valence-electron chi connectivity index (χ1n) is 12.8. The highest BCUT2D eigenvalue weighted by atomic mass is 16.1. The first kappa shape index (κ1) is 20.9. The average Bonchev–Trinajstić information content (AvgIpc) is 2.99. The Bertz CT molecular complexity index is 579. The third-order valence-corrected chi connectivity index (χ3v) is 10.7. The van der Waals surface area contributed by atoms with Crippen LogP contribution in [0.25, 0.3) is 0 Å². The van der Waals surface area contributed by atoms with Crippen LogP contribution in [0.4, 0.5) is 0 Å². The fourth-order valence-electron chi connectivity index (χ4n) is 9.07. The van der Waals surface area contributed by atoms with E-state index in [1.807, 2.05) is 0 Å². The Morgan fingerprint density at radius 1 is 0.893 bits per heavy atom. The van der Waals surface area contributed by atoms with Crippen LogP contribution in [0.3, 0.4) is 0 Å². The van der Waals surface area contributed by atoms with E-state index in [1.54, 1.807) is 0 Å². The fraction of sp³-hybridized carbons (Fsp3) is 0.963. The summed E-state index contributed by atoms with van der Waals surface area (Å²) in [5.41, 5.74) is 1.07. The van der Waals surface area contributed by atoms with Gasteiger partial charge in [0.25, 0.3) is 0 Å². The van der Waals surface area contributed by atoms with Crippen molar-refractivity contribution in [3.63, 3.8) is 0 Å². The number of fused-ring (bicyclic) bond motifs is 5. The zero-order chi connectivity index (χ0) is 20.1. The number of carbonyl (C=O) groups is 1. The van der Waals surface area contributed by atoms with Crippen molar-refractivity contribution in [2.75, 3.05) is 0 Å². The minimum atomic E-state index is 0.471. The van der Waals surface area contributed by atoms with Crippen molar-refractivity contribution in [2.24, 2.45) is 52.3 Å². The summed E-state index contributed by atoms with van der Waals surface area (Å²) in [6.07, 6.45) is 15.9.